The van der Waals surface area contributed by atoms with Crippen LogP contribution in [0.25, 0.3) is 0 Å². The summed E-state index contributed by atoms with van der Waals surface area (Å²) < 4.78 is 147. The molecule has 109 heavy (non-hydrogen) atoms. The molecule has 12 atom stereocenters. The van der Waals surface area contributed by atoms with Gasteiger partial charge in [-0.1, -0.05) is 22.3 Å². The first-order valence-electron chi connectivity index (χ1n) is 34.3. The average Bonchev–Trinajstić information content (AvgIpc) is 0.779. The van der Waals surface area contributed by atoms with Gasteiger partial charge in [0.1, 0.15) is 24.1 Å². The molecular weight excluding hydrogens is 1510 g/mol. The average molecular weight is 1630 g/mol. The number of aliphatic hydroxyl groups excluding tert-OH is 1. The van der Waals surface area contributed by atoms with E-state index in [-0.39, 0.29) is 163 Å². The molecule has 0 radical (unpaired) electrons. The van der Waals surface area contributed by atoms with E-state index in [1.54, 1.807) is 32.9 Å². The third-order valence-corrected chi connectivity index (χ3v) is 28.2. The highest BCUT2D eigenvalue weighted by molar-refractivity contribution is 7.54. The lowest BCUT2D eigenvalue weighted by molar-refractivity contribution is -0.142. The summed E-state index contributed by atoms with van der Waals surface area (Å²) in [7, 11) is -4.65. The van der Waals surface area contributed by atoms with E-state index in [0.29, 0.717) is 13.1 Å². The van der Waals surface area contributed by atoms with Crippen LogP contribution < -0.4 is 45.5 Å². The van der Waals surface area contributed by atoms with Crippen molar-refractivity contribution in [2.45, 2.75) is 98.4 Å². The second kappa shape index (κ2) is 40.2. The van der Waals surface area contributed by atoms with Crippen LogP contribution >= 0.6 is 30.7 Å². The number of nitrogens with zero attached hydrogens (tertiary/aromatic N) is 17. The highest BCUT2D eigenvalue weighted by Crippen LogP contribution is 2.59. The van der Waals surface area contributed by atoms with Gasteiger partial charge in [-0.15, -0.1) is 0 Å². The quantitative estimate of drug-likeness (QED) is 0.0328. The number of aromatic nitrogens is 8. The van der Waals surface area contributed by atoms with E-state index in [4.69, 9.17) is 73.6 Å². The normalized spacial score (nSPS) is 24.5. The number of H-pyrrole nitrogens is 1. The maximum Gasteiger partial charge on any atom is 0.409 e. The van der Waals surface area contributed by atoms with Gasteiger partial charge in [-0.3, -0.25) is 51.2 Å². The SMILES string of the molecule is C.C.C.Cc1cn(C2CN(P(=O)(OCC3CN(P(=O)(OCC4CN(C(C)C)CC(n5ccc(N)nc5=O)O4)N(C)C)CC(n4ccc(N)nc4=O)O3)N(C)C)CC(COP(=O)(N(C)C)N3CC(COP(=O)(N(C)C)N4CCN(C(=O)OCCOCCOCCO)CC4)OC(n4ccc(N)nc4=O)C3)O2)c(=O)[nH]c1=O. The largest absolute Gasteiger partial charge is 0.447 e. The summed E-state index contributed by atoms with van der Waals surface area (Å²) in [5, 5.41) is 8.88. The fourth-order valence-corrected chi connectivity index (χ4v) is 20.2. The Morgan fingerprint density at radius 3 is 1.21 bits per heavy atom. The first-order valence-corrected chi connectivity index (χ1v) is 40.4. The Hall–Kier alpha value is -5.89. The zero-order valence-corrected chi connectivity index (χ0v) is 65.0. The molecule has 9 heterocycles. The van der Waals surface area contributed by atoms with Crippen LogP contribution in [0.5, 0.6) is 0 Å². The second-order valence-corrected chi connectivity index (χ2v) is 37.1. The van der Waals surface area contributed by atoms with Gasteiger partial charge in [0.2, 0.25) is 0 Å². The molecule has 43 nitrogen and oxygen atoms in total. The summed E-state index contributed by atoms with van der Waals surface area (Å²) in [6, 6.07) is 4.23. The first kappa shape index (κ1) is 92.0. The van der Waals surface area contributed by atoms with E-state index in [1.165, 1.54) is 120 Å². The number of aryl methyl sites for hydroxylation is 1. The van der Waals surface area contributed by atoms with Crippen LogP contribution in [0.4, 0.5) is 22.2 Å². The van der Waals surface area contributed by atoms with Gasteiger partial charge >= 0.3 is 59.5 Å². The molecule has 47 heteroatoms. The number of carbonyl (C=O) groups is 1. The van der Waals surface area contributed by atoms with Gasteiger partial charge in [0, 0.05) is 95.3 Å². The molecule has 0 spiro atoms. The highest BCUT2D eigenvalue weighted by atomic mass is 31.2. The van der Waals surface area contributed by atoms with Crippen molar-refractivity contribution in [1.82, 2.24) is 85.4 Å². The van der Waals surface area contributed by atoms with Gasteiger partial charge in [-0.05, 0) is 95.4 Å². The van der Waals surface area contributed by atoms with E-state index >= 15 is 18.3 Å². The third kappa shape index (κ3) is 22.5. The molecule has 5 saturated heterocycles. The molecule has 5 aliphatic heterocycles. The molecule has 5 aliphatic rings. The molecule has 8 N–H and O–H groups in total. The number of nitrogens with one attached hydrogen (secondary N) is 1. The fourth-order valence-electron chi connectivity index (χ4n) is 12.3. The van der Waals surface area contributed by atoms with Gasteiger partial charge < -0.3 is 78.5 Å². The maximum atomic E-state index is 16.1. The second-order valence-electron chi connectivity index (χ2n) is 26.7. The minimum atomic E-state index is -4.41. The number of carbonyl (C=O) groups excluding carboxylic acids is 1. The van der Waals surface area contributed by atoms with Gasteiger partial charge in [0.05, 0.1) is 104 Å². The number of ether oxygens (including phenoxy) is 7. The Labute approximate surface area is 634 Å². The number of piperazine rings is 1. The van der Waals surface area contributed by atoms with Gasteiger partial charge in [0.25, 0.3) is 5.56 Å². The van der Waals surface area contributed by atoms with E-state index in [9.17, 15) is 28.8 Å². The molecule has 0 aromatic carbocycles. The zero-order valence-electron chi connectivity index (χ0n) is 61.4. The number of amides is 1. The van der Waals surface area contributed by atoms with E-state index in [2.05, 4.69) is 24.8 Å². The van der Waals surface area contributed by atoms with E-state index in [1.807, 2.05) is 13.8 Å². The van der Waals surface area contributed by atoms with Crippen LogP contribution in [0.1, 0.15) is 66.6 Å². The van der Waals surface area contributed by atoms with Crippen LogP contribution in [0, 0.1) is 6.92 Å². The lowest BCUT2D eigenvalue weighted by Crippen LogP contribution is -2.52. The Bertz CT molecular complexity index is 4150. The predicted octanol–water partition coefficient (Wildman–Crippen LogP) is 1.00. The van der Waals surface area contributed by atoms with Crippen molar-refractivity contribution in [3.05, 3.63) is 101 Å². The fraction of sp³-hybridized carbons (Fsp3) is 0.726. The number of morpholine rings is 4. The van der Waals surface area contributed by atoms with Crippen molar-refractivity contribution in [1.29, 1.82) is 0 Å². The maximum absolute atomic E-state index is 16.1. The highest BCUT2D eigenvalue weighted by Gasteiger charge is 2.50. The number of anilines is 3. The molecule has 1 amide bonds. The summed E-state index contributed by atoms with van der Waals surface area (Å²) in [6.07, 6.45) is -3.96. The lowest BCUT2D eigenvalue weighted by Gasteiger charge is -2.46. The van der Waals surface area contributed by atoms with Gasteiger partial charge in [-0.25, -0.2) is 61.3 Å². The summed E-state index contributed by atoms with van der Waals surface area (Å²) in [5.74, 6) is -0.123. The van der Waals surface area contributed by atoms with E-state index < -0.39 is 134 Å². The van der Waals surface area contributed by atoms with Crippen LogP contribution in [0.2, 0.25) is 0 Å². The minimum Gasteiger partial charge on any atom is -0.447 e. The van der Waals surface area contributed by atoms with E-state index in [0.717, 1.165) is 13.7 Å². The molecule has 5 fully saturated rings. The van der Waals surface area contributed by atoms with Crippen molar-refractivity contribution in [2.75, 3.05) is 218 Å². The Kier molecular flexibility index (Phi) is 33.9. The molecule has 0 aliphatic carbocycles. The van der Waals surface area contributed by atoms with Crippen molar-refractivity contribution >= 4 is 54.2 Å². The molecule has 4 aromatic heterocycles. The Morgan fingerprint density at radius 1 is 0.514 bits per heavy atom. The molecule has 0 bridgehead atoms. The molecular formula is C62H113N21O22P4. The van der Waals surface area contributed by atoms with Crippen molar-refractivity contribution in [3.63, 3.8) is 0 Å². The zero-order chi connectivity index (χ0) is 77.2. The number of nitrogens with two attached hydrogens (primary N) is 3. The molecule has 12 unspecified atom stereocenters. The van der Waals surface area contributed by atoms with Crippen molar-refractivity contribution in [3.8, 4) is 0 Å². The number of hydrogen-bond donors (Lipinski definition) is 5. The summed E-state index contributed by atoms with van der Waals surface area (Å²) in [4.78, 5) is 97.5. The molecule has 4 aromatic rings. The predicted molar refractivity (Wildman–Crippen MR) is 404 cm³/mol. The molecule has 618 valence electrons. The van der Waals surface area contributed by atoms with Gasteiger partial charge in [0.15, 0.2) is 24.9 Å². The topological polar surface area (TPSA) is 477 Å². The van der Waals surface area contributed by atoms with Crippen molar-refractivity contribution in [2.24, 2.45) is 0 Å². The van der Waals surface area contributed by atoms with Crippen LogP contribution in [-0.4, -0.2) is 328 Å². The Morgan fingerprint density at radius 2 is 0.853 bits per heavy atom. The summed E-state index contributed by atoms with van der Waals surface area (Å²) in [6.45, 7) is 3.97. The van der Waals surface area contributed by atoms with Crippen LogP contribution in [0.15, 0.2) is 67.0 Å². The van der Waals surface area contributed by atoms with Gasteiger partial charge in [-0.2, -0.15) is 15.0 Å². The Balaban J connectivity index is 0.00000619. The minimum absolute atomic E-state index is 0. The smallest absolute Gasteiger partial charge is 0.409 e. The number of nitrogen functional groups attached to an aromatic ring is 3. The lowest BCUT2D eigenvalue weighted by atomic mass is 10.2. The number of aromatic amines is 1. The molecule has 9 rings (SSSR count). The number of rotatable bonds is 33. The third-order valence-electron chi connectivity index (χ3n) is 18.0. The monoisotopic (exact) mass is 1630 g/mol. The van der Waals surface area contributed by atoms with Crippen LogP contribution in [-0.2, 0) is 69.5 Å². The van der Waals surface area contributed by atoms with Crippen LogP contribution in [0.3, 0.4) is 0 Å². The number of hydrogen-bond acceptors (Lipinski definition) is 29. The van der Waals surface area contributed by atoms with Crippen molar-refractivity contribution < 1.29 is 79.4 Å². The standard InChI is InChI=1S/C59H101N21O22P4.3CH4/c1-41(2)72-29-43(99-50(33-72)77-15-12-47(60)63-55(77)83)37-96-104(89,68(6)7)74-31-45(101-52(34-74)79-17-14-49(62)65-57(79)85)39-97-106(91,70(10)11)76-32-46(102-53(36-76)80-28-42(3)54(82)66-58(80)86)40-98-105(90,69(8)9)75-30-44(100-51(35-75)78-16-13-48(61)64-56(78)84)38-95-103(88,67(4)5)73-20-18-71(19-21-73)59(87)94-27-26-93-25-24-92-23-22-81;;;/h12-17,28,41,43-46,50-53,81H,18-27,29-40H2,1-11H3,(H2,60,63,83)(H2,61,64,84)(H2,62,65,85)(H,66,82,86);3*1H4. The molecule has 0 saturated carbocycles. The number of aliphatic hydroxyl groups is 1. The first-order chi connectivity index (χ1) is 50.1. The summed E-state index contributed by atoms with van der Waals surface area (Å²) in [5.41, 5.74) is 14.0. The summed E-state index contributed by atoms with van der Waals surface area (Å²) >= 11 is 0.